The summed E-state index contributed by atoms with van der Waals surface area (Å²) in [4.78, 5) is 53.2. The molecular formula is C30H36ClN7O5. The van der Waals surface area contributed by atoms with E-state index < -0.39 is 35.8 Å². The Morgan fingerprint density at radius 1 is 0.977 bits per heavy atom. The highest BCUT2D eigenvalue weighted by atomic mass is 35.5. The van der Waals surface area contributed by atoms with Gasteiger partial charge in [0.05, 0.1) is 24.8 Å². The first-order valence-corrected chi connectivity index (χ1v) is 14.5. The Morgan fingerprint density at radius 2 is 1.74 bits per heavy atom. The van der Waals surface area contributed by atoms with Crippen LogP contribution < -0.4 is 26.0 Å². The average molecular weight is 610 g/mol. The van der Waals surface area contributed by atoms with Gasteiger partial charge in [0.25, 0.3) is 5.91 Å². The number of rotatable bonds is 4. The standard InChI is InChI=1S/C30H36ClN7O5/c1-18(2)13-24-29(41)32-16-22-17-38(37-36-22)11-12-43-26-10-9-21(31)15-23(26)28(40)35-25(14-20-7-5-4-6-8-20)30(42)33-19(3)27(39)34-24/h4-10,15,17-19,24-25H,11-14,16H2,1-3H3,(H,32,41)(H,33,42)(H,34,39)(H,35,40)/t19-,24-,25-/m1/s1. The van der Waals surface area contributed by atoms with Gasteiger partial charge < -0.3 is 26.0 Å². The van der Waals surface area contributed by atoms with Crippen LogP contribution >= 0.6 is 11.6 Å². The summed E-state index contributed by atoms with van der Waals surface area (Å²) in [5.41, 5.74) is 1.48. The smallest absolute Gasteiger partial charge is 0.255 e. The number of fused-ring (bicyclic) bond motifs is 3. The van der Waals surface area contributed by atoms with Gasteiger partial charge in [0.15, 0.2) is 0 Å². The summed E-state index contributed by atoms with van der Waals surface area (Å²) in [5.74, 6) is -1.68. The molecule has 43 heavy (non-hydrogen) atoms. The average Bonchev–Trinajstić information content (AvgIpc) is 3.43. The number of amides is 4. The van der Waals surface area contributed by atoms with E-state index in [9.17, 15) is 19.2 Å². The number of benzene rings is 2. The fourth-order valence-corrected chi connectivity index (χ4v) is 4.73. The zero-order chi connectivity index (χ0) is 30.9. The molecule has 0 fully saturated rings. The van der Waals surface area contributed by atoms with Crippen LogP contribution in [0.15, 0.2) is 54.7 Å². The molecule has 3 aromatic rings. The van der Waals surface area contributed by atoms with Gasteiger partial charge in [-0.2, -0.15) is 0 Å². The molecule has 0 saturated carbocycles. The molecule has 1 aliphatic heterocycles. The van der Waals surface area contributed by atoms with E-state index in [1.807, 2.05) is 44.2 Å². The molecule has 228 valence electrons. The summed E-state index contributed by atoms with van der Waals surface area (Å²) in [5, 5.41) is 19.5. The number of ether oxygens (including phenoxy) is 1. The molecule has 0 unspecified atom stereocenters. The molecule has 4 N–H and O–H groups in total. The Labute approximate surface area is 254 Å². The maximum absolute atomic E-state index is 13.5. The topological polar surface area (TPSA) is 156 Å². The van der Waals surface area contributed by atoms with Gasteiger partial charge in [-0.1, -0.05) is 61.0 Å². The first-order chi connectivity index (χ1) is 20.6. The minimum Gasteiger partial charge on any atom is -0.491 e. The molecule has 0 aliphatic carbocycles. The lowest BCUT2D eigenvalue weighted by atomic mass is 10.0. The van der Waals surface area contributed by atoms with Crippen LogP contribution in [0.3, 0.4) is 0 Å². The highest BCUT2D eigenvalue weighted by Gasteiger charge is 2.29. The lowest BCUT2D eigenvalue weighted by Crippen LogP contribution is -2.56. The van der Waals surface area contributed by atoms with E-state index in [0.717, 1.165) is 5.56 Å². The van der Waals surface area contributed by atoms with Crippen LogP contribution in [0.2, 0.25) is 5.02 Å². The molecule has 0 spiro atoms. The van der Waals surface area contributed by atoms with E-state index in [1.54, 1.807) is 23.0 Å². The Morgan fingerprint density at radius 3 is 2.49 bits per heavy atom. The van der Waals surface area contributed by atoms with Gasteiger partial charge >= 0.3 is 0 Å². The van der Waals surface area contributed by atoms with E-state index in [-0.39, 0.29) is 42.7 Å². The third-order valence-corrected chi connectivity index (χ3v) is 7.03. The maximum Gasteiger partial charge on any atom is 0.255 e. The second kappa shape index (κ2) is 14.6. The molecule has 4 amide bonds. The number of nitrogens with one attached hydrogen (secondary N) is 4. The minimum atomic E-state index is -1.04. The van der Waals surface area contributed by atoms with Crippen LogP contribution in [-0.4, -0.2) is 63.4 Å². The molecular weight excluding hydrogens is 574 g/mol. The third-order valence-electron chi connectivity index (χ3n) is 6.79. The molecule has 12 nitrogen and oxygen atoms in total. The highest BCUT2D eigenvalue weighted by Crippen LogP contribution is 2.23. The van der Waals surface area contributed by atoms with Crippen molar-refractivity contribution in [2.75, 3.05) is 6.61 Å². The normalized spacial score (nSPS) is 20.6. The SMILES string of the molecule is CC(C)C[C@H]1NC(=O)[C@@H](C)NC(=O)[C@@H](Cc2ccccc2)NC(=O)c2cc(Cl)ccc2OCCn2cc(nn2)CNC1=O. The third kappa shape index (κ3) is 9.02. The molecule has 1 aliphatic rings. The van der Waals surface area contributed by atoms with Crippen molar-refractivity contribution in [3.05, 3.63) is 76.6 Å². The van der Waals surface area contributed by atoms with E-state index in [1.165, 1.54) is 13.0 Å². The molecule has 2 bridgehead atoms. The fraction of sp³-hybridized carbons (Fsp3) is 0.400. The molecule has 3 atom stereocenters. The Kier molecular flexibility index (Phi) is 10.7. The van der Waals surface area contributed by atoms with E-state index in [2.05, 4.69) is 31.6 Å². The first-order valence-electron chi connectivity index (χ1n) is 14.1. The van der Waals surface area contributed by atoms with Crippen molar-refractivity contribution in [2.45, 2.75) is 64.8 Å². The summed E-state index contributed by atoms with van der Waals surface area (Å²) in [7, 11) is 0. The first kappa shape index (κ1) is 31.5. The van der Waals surface area contributed by atoms with E-state index in [0.29, 0.717) is 23.7 Å². The Hall–Kier alpha value is -4.45. The van der Waals surface area contributed by atoms with Crippen molar-refractivity contribution < 1.29 is 23.9 Å². The quantitative estimate of drug-likeness (QED) is 0.352. The number of aromatic nitrogens is 3. The van der Waals surface area contributed by atoms with Crippen LogP contribution in [0.5, 0.6) is 5.75 Å². The lowest BCUT2D eigenvalue weighted by Gasteiger charge is -2.24. The zero-order valence-corrected chi connectivity index (χ0v) is 25.1. The largest absolute Gasteiger partial charge is 0.491 e. The second-order valence-electron chi connectivity index (χ2n) is 10.8. The second-order valence-corrected chi connectivity index (χ2v) is 11.3. The van der Waals surface area contributed by atoms with Gasteiger partial charge in [0, 0.05) is 11.4 Å². The molecule has 2 aromatic carbocycles. The number of halogens is 1. The van der Waals surface area contributed by atoms with Crippen molar-refractivity contribution >= 4 is 35.2 Å². The highest BCUT2D eigenvalue weighted by molar-refractivity contribution is 6.31. The van der Waals surface area contributed by atoms with Gasteiger partial charge in [-0.15, -0.1) is 5.10 Å². The monoisotopic (exact) mass is 609 g/mol. The van der Waals surface area contributed by atoms with Gasteiger partial charge in [-0.25, -0.2) is 4.68 Å². The molecule has 2 heterocycles. The number of hydrogen-bond acceptors (Lipinski definition) is 7. The van der Waals surface area contributed by atoms with Crippen molar-refractivity contribution in [1.29, 1.82) is 0 Å². The Bertz CT molecular complexity index is 1450. The fourth-order valence-electron chi connectivity index (χ4n) is 4.56. The van der Waals surface area contributed by atoms with Crippen LogP contribution in [0.25, 0.3) is 0 Å². The van der Waals surface area contributed by atoms with Crippen molar-refractivity contribution in [2.24, 2.45) is 5.92 Å². The van der Waals surface area contributed by atoms with Crippen molar-refractivity contribution in [3.63, 3.8) is 0 Å². The molecule has 0 saturated heterocycles. The lowest BCUT2D eigenvalue weighted by molar-refractivity contribution is -0.132. The summed E-state index contributed by atoms with van der Waals surface area (Å²) in [6.07, 6.45) is 2.23. The summed E-state index contributed by atoms with van der Waals surface area (Å²) < 4.78 is 7.47. The van der Waals surface area contributed by atoms with E-state index >= 15 is 0 Å². The number of carbonyl (C=O) groups excluding carboxylic acids is 4. The van der Waals surface area contributed by atoms with E-state index in [4.69, 9.17) is 16.3 Å². The summed E-state index contributed by atoms with van der Waals surface area (Å²) in [6.45, 7) is 5.99. The van der Waals surface area contributed by atoms with Gasteiger partial charge in [0.2, 0.25) is 17.7 Å². The van der Waals surface area contributed by atoms with Crippen LogP contribution in [0.4, 0.5) is 0 Å². The number of carbonyl (C=O) groups is 4. The molecule has 1 aromatic heterocycles. The number of hydrogen-bond donors (Lipinski definition) is 4. The van der Waals surface area contributed by atoms with Crippen LogP contribution in [0, 0.1) is 5.92 Å². The van der Waals surface area contributed by atoms with Crippen molar-refractivity contribution in [1.82, 2.24) is 36.3 Å². The summed E-state index contributed by atoms with van der Waals surface area (Å²) in [6, 6.07) is 11.0. The molecule has 4 rings (SSSR count). The Balaban J connectivity index is 1.64. The molecule has 0 radical (unpaired) electrons. The van der Waals surface area contributed by atoms with Gasteiger partial charge in [0.1, 0.15) is 36.2 Å². The van der Waals surface area contributed by atoms with Crippen molar-refractivity contribution in [3.8, 4) is 5.75 Å². The maximum atomic E-state index is 13.5. The van der Waals surface area contributed by atoms with Crippen LogP contribution in [0.1, 0.15) is 48.8 Å². The van der Waals surface area contributed by atoms with Gasteiger partial charge in [-0.05, 0) is 43.0 Å². The predicted octanol–water partition coefficient (Wildman–Crippen LogP) is 2.02. The van der Waals surface area contributed by atoms with Crippen LogP contribution in [-0.2, 0) is 33.9 Å². The minimum absolute atomic E-state index is 0.106. The van der Waals surface area contributed by atoms with Gasteiger partial charge in [-0.3, -0.25) is 19.2 Å². The predicted molar refractivity (Wildman–Crippen MR) is 159 cm³/mol. The molecule has 13 heteroatoms. The number of nitrogens with zero attached hydrogens (tertiary/aromatic N) is 3. The summed E-state index contributed by atoms with van der Waals surface area (Å²) >= 11 is 6.22. The zero-order valence-electron chi connectivity index (χ0n) is 24.3.